The van der Waals surface area contributed by atoms with Crippen molar-refractivity contribution >= 4 is 5.97 Å². The van der Waals surface area contributed by atoms with Gasteiger partial charge in [0.2, 0.25) is 0 Å². The van der Waals surface area contributed by atoms with Gasteiger partial charge in [-0.2, -0.15) is 13.2 Å². The smallest absolute Gasteiger partial charge is 0.419 e. The lowest BCUT2D eigenvalue weighted by molar-refractivity contribution is -0.303. The first-order valence-electron chi connectivity index (χ1n) is 10.2. The fourth-order valence-electron chi connectivity index (χ4n) is 5.50. The van der Waals surface area contributed by atoms with Crippen molar-refractivity contribution in [3.63, 3.8) is 0 Å². The Hall–Kier alpha value is -1.08. The second kappa shape index (κ2) is 7.31. The normalized spacial score (nSPS) is 34.8. The van der Waals surface area contributed by atoms with Crippen LogP contribution in [0.15, 0.2) is 12.2 Å². The molecule has 0 aliphatic heterocycles. The summed E-state index contributed by atoms with van der Waals surface area (Å²) in [7, 11) is 0. The van der Waals surface area contributed by atoms with Crippen molar-refractivity contribution in [1.82, 2.24) is 0 Å². The topological polar surface area (TPSA) is 55.8 Å². The molecule has 0 amide bonds. The molecule has 3 rings (SSSR count). The third kappa shape index (κ3) is 3.72. The van der Waals surface area contributed by atoms with E-state index in [1.807, 2.05) is 0 Å². The second-order valence-corrected chi connectivity index (χ2v) is 9.24. The van der Waals surface area contributed by atoms with Crippen molar-refractivity contribution in [2.45, 2.75) is 95.3 Å². The first kappa shape index (κ1) is 21.6. The average molecular weight is 404 g/mol. The van der Waals surface area contributed by atoms with Gasteiger partial charge < -0.3 is 14.6 Å². The van der Waals surface area contributed by atoms with Crippen LogP contribution in [0.1, 0.15) is 65.7 Å². The monoisotopic (exact) mass is 404 g/mol. The van der Waals surface area contributed by atoms with E-state index in [2.05, 4.69) is 6.58 Å². The molecule has 0 spiro atoms. The lowest BCUT2D eigenvalue weighted by Crippen LogP contribution is -2.56. The molecule has 0 aromatic carbocycles. The van der Waals surface area contributed by atoms with Gasteiger partial charge in [0, 0.05) is 5.57 Å². The number of rotatable bonds is 6. The summed E-state index contributed by atoms with van der Waals surface area (Å²) in [5.41, 5.74) is -3.14. The number of ether oxygens (including phenoxy) is 2. The fraction of sp³-hybridized carbons (Fsp3) is 0.857. The minimum Gasteiger partial charge on any atom is -0.459 e. The third-order valence-corrected chi connectivity index (χ3v) is 7.30. The Morgan fingerprint density at radius 3 is 2.25 bits per heavy atom. The maximum absolute atomic E-state index is 13.3. The van der Waals surface area contributed by atoms with Crippen molar-refractivity contribution in [2.75, 3.05) is 0 Å². The molecule has 0 aromatic heterocycles. The summed E-state index contributed by atoms with van der Waals surface area (Å²) in [5, 5.41) is 10.0. The molecule has 4 nitrogen and oxygen atoms in total. The highest BCUT2D eigenvalue weighted by molar-refractivity contribution is 5.87. The van der Waals surface area contributed by atoms with Gasteiger partial charge in [0.25, 0.3) is 0 Å². The summed E-state index contributed by atoms with van der Waals surface area (Å²) in [4.78, 5) is 11.8. The molecule has 3 aliphatic rings. The highest BCUT2D eigenvalue weighted by atomic mass is 19.4. The number of carbonyl (C=O) groups excluding carboxylic acids is 1. The Labute approximate surface area is 164 Å². The molecule has 2 bridgehead atoms. The molecule has 6 unspecified atom stereocenters. The predicted molar refractivity (Wildman–Crippen MR) is 97.4 cm³/mol. The minimum absolute atomic E-state index is 0.139. The molecule has 0 radical (unpaired) electrons. The first-order chi connectivity index (χ1) is 12.9. The van der Waals surface area contributed by atoms with E-state index in [4.69, 9.17) is 9.47 Å². The van der Waals surface area contributed by atoms with Crippen LogP contribution in [0.25, 0.3) is 0 Å². The molecular weight excluding hydrogens is 373 g/mol. The van der Waals surface area contributed by atoms with E-state index in [1.165, 1.54) is 6.92 Å². The van der Waals surface area contributed by atoms with Crippen LogP contribution in [-0.2, 0) is 14.3 Å². The zero-order valence-corrected chi connectivity index (χ0v) is 16.8. The molecule has 3 aliphatic carbocycles. The molecule has 6 atom stereocenters. The lowest BCUT2D eigenvalue weighted by Gasteiger charge is -2.45. The first-order valence-corrected chi connectivity index (χ1v) is 10.2. The van der Waals surface area contributed by atoms with Crippen LogP contribution in [0.2, 0.25) is 0 Å². The highest BCUT2D eigenvalue weighted by Crippen LogP contribution is 2.58. The number of carbonyl (C=O) groups is 1. The standard InChI is InChI=1S/C21H31F3O4/c1-12(2)18(25)27-17-11-14-9-15(17)10-16(14)20(7-5-6-8-20)28-13(3)19(4,26)21(22,23)24/h13-17,26H,1,5-11H2,2-4H3. The zero-order chi connectivity index (χ0) is 20.9. The lowest BCUT2D eigenvalue weighted by atomic mass is 9.74. The van der Waals surface area contributed by atoms with Crippen LogP contribution in [-0.4, -0.2) is 40.7 Å². The maximum atomic E-state index is 13.3. The number of esters is 1. The minimum atomic E-state index is -4.75. The van der Waals surface area contributed by atoms with E-state index >= 15 is 0 Å². The largest absolute Gasteiger partial charge is 0.459 e. The summed E-state index contributed by atoms with van der Waals surface area (Å²) in [6, 6.07) is 0. The second-order valence-electron chi connectivity index (χ2n) is 9.24. The molecule has 3 fully saturated rings. The van der Waals surface area contributed by atoms with E-state index in [0.29, 0.717) is 5.57 Å². The van der Waals surface area contributed by atoms with Crippen molar-refractivity contribution in [3.05, 3.63) is 12.2 Å². The van der Waals surface area contributed by atoms with Crippen LogP contribution in [0, 0.1) is 17.8 Å². The Bertz CT molecular complexity index is 622. The van der Waals surface area contributed by atoms with E-state index in [9.17, 15) is 23.1 Å². The van der Waals surface area contributed by atoms with Crippen LogP contribution in [0.4, 0.5) is 13.2 Å². The van der Waals surface area contributed by atoms with Crippen LogP contribution in [0.5, 0.6) is 0 Å². The summed E-state index contributed by atoms with van der Waals surface area (Å²) in [5.74, 6) is 0.258. The Morgan fingerprint density at radius 2 is 1.79 bits per heavy atom. The van der Waals surface area contributed by atoms with E-state index in [0.717, 1.165) is 51.9 Å². The highest BCUT2D eigenvalue weighted by Gasteiger charge is 2.60. The van der Waals surface area contributed by atoms with E-state index < -0.39 is 23.5 Å². The predicted octanol–water partition coefficient (Wildman–Crippen LogP) is 4.55. The molecule has 7 heteroatoms. The molecule has 1 N–H and O–H groups in total. The SMILES string of the molecule is C=C(C)C(=O)OC1CC2CC1CC2C1(OC(C)C(C)(O)C(F)(F)F)CCCC1. The van der Waals surface area contributed by atoms with E-state index in [1.54, 1.807) is 6.92 Å². The Kier molecular flexibility index (Phi) is 5.65. The fourth-order valence-corrected chi connectivity index (χ4v) is 5.50. The quantitative estimate of drug-likeness (QED) is 0.521. The van der Waals surface area contributed by atoms with Gasteiger partial charge in [0.05, 0.1) is 11.7 Å². The summed E-state index contributed by atoms with van der Waals surface area (Å²) in [6.07, 6.45) is -0.530. The molecule has 0 aromatic rings. The van der Waals surface area contributed by atoms with E-state index in [-0.39, 0.29) is 29.8 Å². The van der Waals surface area contributed by atoms with Crippen molar-refractivity contribution in [3.8, 4) is 0 Å². The Morgan fingerprint density at radius 1 is 1.18 bits per heavy atom. The van der Waals surface area contributed by atoms with Gasteiger partial charge in [0.1, 0.15) is 6.10 Å². The number of halogens is 3. The van der Waals surface area contributed by atoms with Crippen LogP contribution < -0.4 is 0 Å². The molecule has 0 heterocycles. The van der Waals surface area contributed by atoms with Gasteiger partial charge in [-0.15, -0.1) is 0 Å². The molecule has 0 saturated heterocycles. The van der Waals surface area contributed by atoms with Crippen molar-refractivity contribution < 1.29 is 32.5 Å². The van der Waals surface area contributed by atoms with Crippen LogP contribution >= 0.6 is 0 Å². The molecule has 3 saturated carbocycles. The summed E-state index contributed by atoms with van der Waals surface area (Å²) >= 11 is 0. The number of alkyl halides is 3. The summed E-state index contributed by atoms with van der Waals surface area (Å²) in [6.45, 7) is 7.34. The summed E-state index contributed by atoms with van der Waals surface area (Å²) < 4.78 is 51.4. The van der Waals surface area contributed by atoms with Gasteiger partial charge >= 0.3 is 12.1 Å². The average Bonchev–Trinajstić information content (AvgIpc) is 3.29. The zero-order valence-electron chi connectivity index (χ0n) is 16.8. The Balaban J connectivity index is 1.71. The van der Waals surface area contributed by atoms with Gasteiger partial charge in [-0.05, 0) is 70.6 Å². The van der Waals surface area contributed by atoms with Crippen LogP contribution in [0.3, 0.4) is 0 Å². The van der Waals surface area contributed by atoms with Gasteiger partial charge in [-0.1, -0.05) is 19.4 Å². The van der Waals surface area contributed by atoms with Gasteiger partial charge in [-0.3, -0.25) is 0 Å². The number of hydrogen-bond acceptors (Lipinski definition) is 4. The van der Waals surface area contributed by atoms with Gasteiger partial charge in [-0.25, -0.2) is 4.79 Å². The number of fused-ring (bicyclic) bond motifs is 2. The molecule has 28 heavy (non-hydrogen) atoms. The molecular formula is C21H31F3O4. The van der Waals surface area contributed by atoms with Crippen molar-refractivity contribution in [1.29, 1.82) is 0 Å². The van der Waals surface area contributed by atoms with Gasteiger partial charge in [0.15, 0.2) is 5.60 Å². The number of aliphatic hydroxyl groups is 1. The molecule has 160 valence electrons. The third-order valence-electron chi connectivity index (χ3n) is 7.30. The number of hydrogen-bond donors (Lipinski definition) is 1. The maximum Gasteiger partial charge on any atom is 0.419 e. The van der Waals surface area contributed by atoms with Crippen molar-refractivity contribution in [2.24, 2.45) is 17.8 Å².